The van der Waals surface area contributed by atoms with Gasteiger partial charge in [-0.05, 0) is 56.2 Å². The van der Waals surface area contributed by atoms with Crippen LogP contribution < -0.4 is 10.5 Å². The molecule has 6 nitrogen and oxygen atoms in total. The summed E-state index contributed by atoms with van der Waals surface area (Å²) in [5, 5.41) is 11.8. The number of halogens is 3. The van der Waals surface area contributed by atoms with Crippen molar-refractivity contribution < 1.29 is 22.4 Å². The number of benzene rings is 1. The number of unbranched alkanes of at least 4 members (excludes halogenated alkanes) is 1. The lowest BCUT2D eigenvalue weighted by molar-refractivity contribution is -0.138. The van der Waals surface area contributed by atoms with Crippen LogP contribution in [-0.2, 0) is 6.18 Å². The van der Waals surface area contributed by atoms with Crippen molar-refractivity contribution in [1.29, 1.82) is 5.41 Å². The van der Waals surface area contributed by atoms with Crippen LogP contribution in [0.5, 0.6) is 5.75 Å². The summed E-state index contributed by atoms with van der Waals surface area (Å²) in [6.07, 6.45) is 5.13. The molecule has 1 aliphatic carbocycles. The second-order valence-electron chi connectivity index (χ2n) is 8.96. The van der Waals surface area contributed by atoms with Crippen molar-refractivity contribution in [2.24, 2.45) is 17.6 Å². The van der Waals surface area contributed by atoms with Gasteiger partial charge in [0.15, 0.2) is 0 Å². The van der Waals surface area contributed by atoms with Crippen LogP contribution in [-0.4, -0.2) is 22.6 Å². The molecule has 1 saturated carbocycles. The summed E-state index contributed by atoms with van der Waals surface area (Å²) in [6, 6.07) is 3.83. The average Bonchev–Trinajstić information content (AvgIpc) is 3.19. The Balaban J connectivity index is 1.78. The van der Waals surface area contributed by atoms with Crippen molar-refractivity contribution in [1.82, 2.24) is 10.1 Å². The molecule has 3 N–H and O–H groups in total. The zero-order valence-electron chi connectivity index (χ0n) is 19.7. The van der Waals surface area contributed by atoms with Gasteiger partial charge < -0.3 is 15.0 Å². The minimum Gasteiger partial charge on any atom is -0.493 e. The maximum atomic E-state index is 13.7. The van der Waals surface area contributed by atoms with E-state index in [0.717, 1.165) is 38.2 Å². The lowest BCUT2D eigenvalue weighted by Crippen LogP contribution is -2.28. The van der Waals surface area contributed by atoms with Gasteiger partial charge >= 0.3 is 6.18 Å². The number of nitrogens with one attached hydrogen (secondary N) is 1. The molecule has 0 spiro atoms. The largest absolute Gasteiger partial charge is 0.493 e. The number of nitrogens with zero attached hydrogens (tertiary/aromatic N) is 2. The molecule has 0 amide bonds. The number of nitrogens with two attached hydrogens (primary N) is 1. The van der Waals surface area contributed by atoms with Gasteiger partial charge in [-0.15, -0.1) is 0 Å². The van der Waals surface area contributed by atoms with E-state index in [-0.39, 0.29) is 47.3 Å². The highest BCUT2D eigenvalue weighted by atomic mass is 19.4. The summed E-state index contributed by atoms with van der Waals surface area (Å²) in [4.78, 5) is 4.42. The predicted molar refractivity (Wildman–Crippen MR) is 125 cm³/mol. The summed E-state index contributed by atoms with van der Waals surface area (Å²) in [5.41, 5.74) is 5.14. The van der Waals surface area contributed by atoms with Crippen molar-refractivity contribution in [3.8, 4) is 17.1 Å². The van der Waals surface area contributed by atoms with Crippen molar-refractivity contribution in [3.05, 3.63) is 41.8 Å². The molecule has 0 bridgehead atoms. The number of ether oxygens (including phenoxy) is 1. The van der Waals surface area contributed by atoms with Crippen LogP contribution in [0.2, 0.25) is 0 Å². The highest BCUT2D eigenvalue weighted by Gasteiger charge is 2.36. The molecule has 3 atom stereocenters. The number of hydrogen-bond donors (Lipinski definition) is 2. The van der Waals surface area contributed by atoms with E-state index < -0.39 is 11.7 Å². The molecule has 9 heteroatoms. The first-order valence-corrected chi connectivity index (χ1v) is 11.9. The molecule has 1 aromatic heterocycles. The second kappa shape index (κ2) is 11.5. The van der Waals surface area contributed by atoms with Gasteiger partial charge in [0.1, 0.15) is 5.75 Å². The van der Waals surface area contributed by atoms with Crippen molar-refractivity contribution in [2.75, 3.05) is 6.61 Å². The Bertz CT molecular complexity index is 987. The molecule has 186 valence electrons. The molecular formula is C25H33F3N4O2. The third-order valence-corrected chi connectivity index (χ3v) is 6.34. The van der Waals surface area contributed by atoms with Crippen LogP contribution >= 0.6 is 0 Å². The van der Waals surface area contributed by atoms with Crippen molar-refractivity contribution in [2.45, 2.75) is 70.9 Å². The number of alkyl halides is 3. The lowest BCUT2D eigenvalue weighted by atomic mass is 9.86. The predicted octanol–water partition coefficient (Wildman–Crippen LogP) is 6.73. The van der Waals surface area contributed by atoms with E-state index in [1.54, 1.807) is 0 Å². The SMILES string of the molecule is CCC/C=C\CCOc1ccc(-c2noc([C@@H]3CCCC(C)C(C(=N)N)C3)n2)cc1C(F)(F)F. The van der Waals surface area contributed by atoms with E-state index in [1.807, 2.05) is 12.2 Å². The first-order chi connectivity index (χ1) is 16.2. The minimum atomic E-state index is -4.58. The van der Waals surface area contributed by atoms with Gasteiger partial charge in [-0.3, -0.25) is 5.41 Å². The van der Waals surface area contributed by atoms with Gasteiger partial charge in [-0.2, -0.15) is 18.2 Å². The molecular weight excluding hydrogens is 445 g/mol. The fraction of sp³-hybridized carbons (Fsp3) is 0.560. The van der Waals surface area contributed by atoms with E-state index in [0.29, 0.717) is 18.7 Å². The van der Waals surface area contributed by atoms with E-state index in [9.17, 15) is 13.2 Å². The average molecular weight is 479 g/mol. The Labute approximate surface area is 198 Å². The number of aromatic nitrogens is 2. The quantitative estimate of drug-likeness (QED) is 0.137. The number of amidine groups is 1. The summed E-state index contributed by atoms with van der Waals surface area (Å²) in [5.74, 6) is 0.540. The fourth-order valence-corrected chi connectivity index (χ4v) is 4.38. The number of allylic oxidation sites excluding steroid dienone is 1. The van der Waals surface area contributed by atoms with Crippen LogP contribution in [0.4, 0.5) is 13.2 Å². The van der Waals surface area contributed by atoms with E-state index in [4.69, 9.17) is 20.4 Å². The maximum Gasteiger partial charge on any atom is 0.419 e. The Kier molecular flexibility index (Phi) is 8.74. The van der Waals surface area contributed by atoms with Crippen LogP contribution in [0.25, 0.3) is 11.4 Å². The van der Waals surface area contributed by atoms with Gasteiger partial charge in [0, 0.05) is 17.4 Å². The van der Waals surface area contributed by atoms with Crippen LogP contribution in [0.3, 0.4) is 0 Å². The van der Waals surface area contributed by atoms with Crippen LogP contribution in [0.1, 0.15) is 76.2 Å². The zero-order valence-corrected chi connectivity index (χ0v) is 19.7. The molecule has 2 unspecified atom stereocenters. The second-order valence-corrected chi connectivity index (χ2v) is 8.96. The van der Waals surface area contributed by atoms with Crippen molar-refractivity contribution >= 4 is 5.84 Å². The lowest BCUT2D eigenvalue weighted by Gasteiger charge is -2.21. The third-order valence-electron chi connectivity index (χ3n) is 6.34. The maximum absolute atomic E-state index is 13.7. The van der Waals surface area contributed by atoms with Gasteiger partial charge in [0.05, 0.1) is 18.0 Å². The molecule has 0 aliphatic heterocycles. The molecule has 1 aliphatic rings. The van der Waals surface area contributed by atoms with Crippen LogP contribution in [0.15, 0.2) is 34.9 Å². The van der Waals surface area contributed by atoms with Gasteiger partial charge in [-0.1, -0.05) is 44.0 Å². The minimum absolute atomic E-state index is 0.0760. The molecule has 1 heterocycles. The molecule has 1 fully saturated rings. The zero-order chi connectivity index (χ0) is 24.7. The van der Waals surface area contributed by atoms with Gasteiger partial charge in [0.25, 0.3) is 0 Å². The molecule has 2 aromatic rings. The topological polar surface area (TPSA) is 98.0 Å². The fourth-order valence-electron chi connectivity index (χ4n) is 4.38. The third kappa shape index (κ3) is 6.61. The summed E-state index contributed by atoms with van der Waals surface area (Å²) >= 11 is 0. The number of hydrogen-bond acceptors (Lipinski definition) is 5. The highest BCUT2D eigenvalue weighted by Crippen LogP contribution is 2.40. The van der Waals surface area contributed by atoms with E-state index in [2.05, 4.69) is 24.0 Å². The Hall–Kier alpha value is -2.84. The summed E-state index contributed by atoms with van der Waals surface area (Å²) in [6.45, 7) is 4.30. The van der Waals surface area contributed by atoms with Crippen LogP contribution in [0, 0.1) is 17.2 Å². The molecule has 0 radical (unpaired) electrons. The first-order valence-electron chi connectivity index (χ1n) is 11.9. The highest BCUT2D eigenvalue weighted by molar-refractivity contribution is 5.80. The number of rotatable bonds is 9. The van der Waals surface area contributed by atoms with E-state index >= 15 is 0 Å². The molecule has 0 saturated heterocycles. The van der Waals surface area contributed by atoms with Gasteiger partial charge in [0.2, 0.25) is 11.7 Å². The Morgan fingerprint density at radius 3 is 2.74 bits per heavy atom. The summed E-state index contributed by atoms with van der Waals surface area (Å²) < 4.78 is 52.1. The Morgan fingerprint density at radius 1 is 1.26 bits per heavy atom. The molecule has 3 rings (SSSR count). The monoisotopic (exact) mass is 478 g/mol. The normalized spacial score (nSPS) is 21.5. The van der Waals surface area contributed by atoms with Gasteiger partial charge in [-0.25, -0.2) is 0 Å². The first kappa shape index (κ1) is 25.8. The molecule has 34 heavy (non-hydrogen) atoms. The van der Waals surface area contributed by atoms with Crippen molar-refractivity contribution in [3.63, 3.8) is 0 Å². The Morgan fingerprint density at radius 2 is 2.03 bits per heavy atom. The summed E-state index contributed by atoms with van der Waals surface area (Å²) in [7, 11) is 0. The van der Waals surface area contributed by atoms with E-state index in [1.165, 1.54) is 12.1 Å². The molecule has 1 aromatic carbocycles. The smallest absolute Gasteiger partial charge is 0.419 e. The standard InChI is InChI=1S/C25H33F3N4O2/c1-3-4-5-6-7-13-33-21-12-11-17(15-20(21)25(26,27)28)23-31-24(34-32-23)18-10-8-9-16(2)19(14-18)22(29)30/h5-6,11-12,15-16,18-19H,3-4,7-10,13-14H2,1-2H3,(H3,29,30)/b6-5-/t16?,18-,19?/m1/s1.